The molecule has 1 aromatic heterocycles. The fourth-order valence-corrected chi connectivity index (χ4v) is 3.10. The average Bonchev–Trinajstić information content (AvgIpc) is 3.15. The number of likely N-dealkylation sites (N-methyl/N-ethyl adjacent to an activating group) is 1. The molecular formula is C19H26N4O3. The van der Waals surface area contributed by atoms with Crippen LogP contribution in [-0.4, -0.2) is 60.4 Å². The van der Waals surface area contributed by atoms with Crippen molar-refractivity contribution in [2.75, 3.05) is 33.9 Å². The lowest BCUT2D eigenvalue weighted by atomic mass is 9.88. The zero-order valence-corrected chi connectivity index (χ0v) is 15.3. The molecule has 0 spiro atoms. The van der Waals surface area contributed by atoms with Gasteiger partial charge in [0, 0.05) is 25.3 Å². The highest BCUT2D eigenvalue weighted by molar-refractivity contribution is 5.92. The van der Waals surface area contributed by atoms with E-state index in [1.165, 1.54) is 0 Å². The summed E-state index contributed by atoms with van der Waals surface area (Å²) >= 11 is 0. The van der Waals surface area contributed by atoms with Gasteiger partial charge in [-0.3, -0.25) is 9.89 Å². The van der Waals surface area contributed by atoms with Crippen LogP contribution in [0.4, 0.5) is 0 Å². The van der Waals surface area contributed by atoms with Crippen LogP contribution in [0.2, 0.25) is 0 Å². The van der Waals surface area contributed by atoms with E-state index in [4.69, 9.17) is 9.47 Å². The summed E-state index contributed by atoms with van der Waals surface area (Å²) in [6.45, 7) is 2.35. The fourth-order valence-electron chi connectivity index (χ4n) is 3.10. The number of rotatable bonds is 7. The standard InChI is InChI=1S/C19H26N4O3/c1-23(2)19(8-10-25-11-9-19)14-20-18(24)17-12-15(21-22-17)13-26-16-6-4-3-5-7-16/h3-7,12H,8-11,13-14H2,1-2H3,(H,20,24)(H,21,22). The number of aromatic amines is 1. The number of benzene rings is 1. The van der Waals surface area contributed by atoms with Crippen molar-refractivity contribution in [1.82, 2.24) is 20.4 Å². The van der Waals surface area contributed by atoms with E-state index in [1.807, 2.05) is 44.4 Å². The highest BCUT2D eigenvalue weighted by atomic mass is 16.5. The summed E-state index contributed by atoms with van der Waals surface area (Å²) in [6.07, 6.45) is 1.80. The van der Waals surface area contributed by atoms with Crippen LogP contribution in [-0.2, 0) is 11.3 Å². The molecule has 140 valence electrons. The third-order valence-electron chi connectivity index (χ3n) is 4.95. The molecule has 7 heteroatoms. The maximum absolute atomic E-state index is 12.5. The predicted molar refractivity (Wildman–Crippen MR) is 98.2 cm³/mol. The van der Waals surface area contributed by atoms with E-state index >= 15 is 0 Å². The number of nitrogens with one attached hydrogen (secondary N) is 2. The Hall–Kier alpha value is -2.38. The van der Waals surface area contributed by atoms with Gasteiger partial charge in [0.25, 0.3) is 5.91 Å². The van der Waals surface area contributed by atoms with Crippen LogP contribution in [0.15, 0.2) is 36.4 Å². The summed E-state index contributed by atoms with van der Waals surface area (Å²) in [5.74, 6) is 0.598. The molecule has 0 unspecified atom stereocenters. The zero-order chi connectivity index (χ0) is 18.4. The van der Waals surface area contributed by atoms with E-state index in [2.05, 4.69) is 20.4 Å². The van der Waals surface area contributed by atoms with Gasteiger partial charge in [-0.05, 0) is 45.1 Å². The molecule has 1 saturated heterocycles. The zero-order valence-electron chi connectivity index (χ0n) is 15.3. The number of carbonyl (C=O) groups excluding carboxylic acids is 1. The first-order valence-electron chi connectivity index (χ1n) is 8.85. The van der Waals surface area contributed by atoms with Gasteiger partial charge in [0.15, 0.2) is 0 Å². The van der Waals surface area contributed by atoms with E-state index in [-0.39, 0.29) is 11.4 Å². The summed E-state index contributed by atoms with van der Waals surface area (Å²) in [7, 11) is 4.09. The Morgan fingerprint density at radius 2 is 2.04 bits per heavy atom. The smallest absolute Gasteiger partial charge is 0.271 e. The number of para-hydroxylation sites is 1. The van der Waals surface area contributed by atoms with Gasteiger partial charge in [-0.25, -0.2) is 0 Å². The monoisotopic (exact) mass is 358 g/mol. The maximum atomic E-state index is 12.5. The minimum Gasteiger partial charge on any atom is -0.487 e. The van der Waals surface area contributed by atoms with Gasteiger partial charge in [0.2, 0.25) is 0 Å². The second-order valence-corrected chi connectivity index (χ2v) is 6.79. The highest BCUT2D eigenvalue weighted by Crippen LogP contribution is 2.25. The molecule has 2 N–H and O–H groups in total. The van der Waals surface area contributed by atoms with Crippen molar-refractivity contribution in [2.24, 2.45) is 0 Å². The molecule has 0 saturated carbocycles. The predicted octanol–water partition coefficient (Wildman–Crippen LogP) is 1.83. The summed E-state index contributed by atoms with van der Waals surface area (Å²) < 4.78 is 11.1. The molecule has 0 aliphatic carbocycles. The van der Waals surface area contributed by atoms with E-state index in [9.17, 15) is 4.79 Å². The van der Waals surface area contributed by atoms with E-state index in [1.54, 1.807) is 6.07 Å². The lowest BCUT2D eigenvalue weighted by molar-refractivity contribution is -0.00660. The van der Waals surface area contributed by atoms with Gasteiger partial charge in [0.05, 0.1) is 5.69 Å². The number of hydrogen-bond donors (Lipinski definition) is 2. The van der Waals surface area contributed by atoms with Crippen LogP contribution in [0.3, 0.4) is 0 Å². The number of aromatic nitrogens is 2. The molecule has 1 fully saturated rings. The molecule has 0 atom stereocenters. The quantitative estimate of drug-likeness (QED) is 0.789. The molecule has 0 bridgehead atoms. The number of ether oxygens (including phenoxy) is 2. The summed E-state index contributed by atoms with van der Waals surface area (Å²) in [4.78, 5) is 14.6. The Morgan fingerprint density at radius 1 is 1.31 bits per heavy atom. The van der Waals surface area contributed by atoms with E-state index < -0.39 is 0 Å². The number of H-pyrrole nitrogens is 1. The third-order valence-corrected chi connectivity index (χ3v) is 4.95. The number of carbonyl (C=O) groups is 1. The van der Waals surface area contributed by atoms with Gasteiger partial charge in [-0.1, -0.05) is 18.2 Å². The van der Waals surface area contributed by atoms with E-state index in [0.29, 0.717) is 18.8 Å². The minimum absolute atomic E-state index is 0.0660. The Morgan fingerprint density at radius 3 is 2.73 bits per heavy atom. The summed E-state index contributed by atoms with van der Waals surface area (Å²) in [5, 5.41) is 9.98. The Labute approximate surface area is 153 Å². The average molecular weight is 358 g/mol. The van der Waals surface area contributed by atoms with Gasteiger partial charge in [-0.2, -0.15) is 5.10 Å². The summed E-state index contributed by atoms with van der Waals surface area (Å²) in [5.41, 5.74) is 1.06. The molecule has 7 nitrogen and oxygen atoms in total. The Balaban J connectivity index is 1.54. The molecule has 1 amide bonds. The van der Waals surface area contributed by atoms with Crippen molar-refractivity contribution in [3.8, 4) is 5.75 Å². The van der Waals surface area contributed by atoms with E-state index in [0.717, 1.165) is 37.5 Å². The second kappa shape index (κ2) is 8.33. The molecule has 2 aromatic rings. The first kappa shape index (κ1) is 18.4. The molecule has 1 aliphatic rings. The van der Waals surface area contributed by atoms with Crippen molar-refractivity contribution in [1.29, 1.82) is 0 Å². The second-order valence-electron chi connectivity index (χ2n) is 6.79. The molecule has 0 radical (unpaired) electrons. The van der Waals surface area contributed by atoms with Crippen LogP contribution in [0.1, 0.15) is 29.0 Å². The minimum atomic E-state index is -0.181. The topological polar surface area (TPSA) is 79.5 Å². The Kier molecular flexibility index (Phi) is 5.90. The lowest BCUT2D eigenvalue weighted by Gasteiger charge is -2.42. The van der Waals surface area contributed by atoms with Crippen LogP contribution in [0.25, 0.3) is 0 Å². The van der Waals surface area contributed by atoms with Crippen LogP contribution in [0, 0.1) is 0 Å². The third kappa shape index (κ3) is 4.42. The largest absolute Gasteiger partial charge is 0.487 e. The van der Waals surface area contributed by atoms with Crippen LogP contribution < -0.4 is 10.1 Å². The van der Waals surface area contributed by atoms with Gasteiger partial charge in [0.1, 0.15) is 18.1 Å². The molecule has 1 aliphatic heterocycles. The van der Waals surface area contributed by atoms with Crippen LogP contribution in [0.5, 0.6) is 5.75 Å². The van der Waals surface area contributed by atoms with Gasteiger partial charge >= 0.3 is 0 Å². The lowest BCUT2D eigenvalue weighted by Crippen LogP contribution is -2.55. The van der Waals surface area contributed by atoms with Crippen molar-refractivity contribution in [3.63, 3.8) is 0 Å². The van der Waals surface area contributed by atoms with Crippen molar-refractivity contribution < 1.29 is 14.3 Å². The number of hydrogen-bond acceptors (Lipinski definition) is 5. The van der Waals surface area contributed by atoms with Crippen LogP contribution >= 0.6 is 0 Å². The molecule has 3 rings (SSSR count). The van der Waals surface area contributed by atoms with Gasteiger partial charge < -0.3 is 19.7 Å². The maximum Gasteiger partial charge on any atom is 0.271 e. The normalized spacial score (nSPS) is 16.4. The summed E-state index contributed by atoms with van der Waals surface area (Å²) in [6, 6.07) is 11.3. The Bertz CT molecular complexity index is 709. The highest BCUT2D eigenvalue weighted by Gasteiger charge is 2.35. The van der Waals surface area contributed by atoms with Gasteiger partial charge in [-0.15, -0.1) is 0 Å². The molecule has 2 heterocycles. The SMILES string of the molecule is CN(C)C1(CNC(=O)c2cc(COc3ccccc3)[nH]n2)CCOCC1. The first-order valence-corrected chi connectivity index (χ1v) is 8.85. The molecular weight excluding hydrogens is 332 g/mol. The molecule has 1 aromatic carbocycles. The van der Waals surface area contributed by atoms with Crippen molar-refractivity contribution >= 4 is 5.91 Å². The van der Waals surface area contributed by atoms with Crippen molar-refractivity contribution in [3.05, 3.63) is 47.8 Å². The number of nitrogens with zero attached hydrogens (tertiary/aromatic N) is 2. The molecule has 26 heavy (non-hydrogen) atoms. The first-order chi connectivity index (χ1) is 12.6. The van der Waals surface area contributed by atoms with Crippen molar-refractivity contribution in [2.45, 2.75) is 25.0 Å². The fraction of sp³-hybridized carbons (Fsp3) is 0.474. The number of amides is 1.